The van der Waals surface area contributed by atoms with Gasteiger partial charge < -0.3 is 15.9 Å². The first kappa shape index (κ1) is 15.9. The summed E-state index contributed by atoms with van der Waals surface area (Å²) in [5.74, 6) is 0. The topological polar surface area (TPSA) is 113 Å². The monoisotopic (exact) mass is 288 g/mol. The fraction of sp³-hybridized carbons (Fsp3) is 0.500. The van der Waals surface area contributed by atoms with Gasteiger partial charge in [-0.15, -0.1) is 0 Å². The highest BCUT2D eigenvalue weighted by molar-refractivity contribution is 7.89. The van der Waals surface area contributed by atoms with Crippen molar-refractivity contribution in [3.63, 3.8) is 0 Å². The van der Waals surface area contributed by atoms with Crippen LogP contribution in [0.25, 0.3) is 0 Å². The van der Waals surface area contributed by atoms with Gasteiger partial charge in [-0.25, -0.2) is 13.1 Å². The Balaban J connectivity index is 3.33. The van der Waals surface area contributed by atoms with E-state index in [2.05, 4.69) is 4.72 Å². The van der Waals surface area contributed by atoms with Crippen molar-refractivity contribution in [2.75, 3.05) is 18.9 Å². The first-order valence-electron chi connectivity index (χ1n) is 5.78. The minimum atomic E-state index is -3.92. The minimum Gasteiger partial charge on any atom is -0.397 e. The van der Waals surface area contributed by atoms with E-state index >= 15 is 0 Å². The molecule has 0 aliphatic carbocycles. The second-order valence-electron chi connectivity index (χ2n) is 4.92. The summed E-state index contributed by atoms with van der Waals surface area (Å²) in [7, 11) is -3.92. The lowest BCUT2D eigenvalue weighted by atomic mass is 10.1. The summed E-state index contributed by atoms with van der Waals surface area (Å²) in [6.07, 6.45) is 0. The van der Waals surface area contributed by atoms with Gasteiger partial charge in [0, 0.05) is 0 Å². The smallest absolute Gasteiger partial charge is 0.243 e. The molecule has 0 heterocycles. The molecular formula is C12H20N2O4S. The van der Waals surface area contributed by atoms with E-state index in [-0.39, 0.29) is 10.6 Å². The predicted molar refractivity (Wildman–Crippen MR) is 73.2 cm³/mol. The molecule has 5 N–H and O–H groups in total. The van der Waals surface area contributed by atoms with Crippen LogP contribution in [0.4, 0.5) is 5.69 Å². The van der Waals surface area contributed by atoms with Crippen LogP contribution in [0.3, 0.4) is 0 Å². The maximum Gasteiger partial charge on any atom is 0.243 e. The van der Waals surface area contributed by atoms with Gasteiger partial charge in [0.2, 0.25) is 10.0 Å². The lowest BCUT2D eigenvalue weighted by Crippen LogP contribution is -2.51. The number of hydrogen-bond acceptors (Lipinski definition) is 5. The summed E-state index contributed by atoms with van der Waals surface area (Å²) >= 11 is 0. The maximum atomic E-state index is 12.3. The number of aryl methyl sites for hydroxylation is 2. The Morgan fingerprint density at radius 2 is 1.68 bits per heavy atom. The van der Waals surface area contributed by atoms with E-state index < -0.39 is 28.8 Å². The minimum absolute atomic E-state index is 0.0133. The average Bonchev–Trinajstić information content (AvgIpc) is 2.33. The van der Waals surface area contributed by atoms with Gasteiger partial charge in [0.1, 0.15) is 4.90 Å². The van der Waals surface area contributed by atoms with Crippen molar-refractivity contribution in [1.29, 1.82) is 0 Å². The third kappa shape index (κ3) is 3.24. The Hall–Kier alpha value is -1.15. The van der Waals surface area contributed by atoms with Crippen LogP contribution in [0.1, 0.15) is 18.1 Å². The highest BCUT2D eigenvalue weighted by atomic mass is 32.2. The van der Waals surface area contributed by atoms with Crippen molar-refractivity contribution in [2.24, 2.45) is 0 Å². The third-order valence-corrected chi connectivity index (χ3v) is 4.80. The van der Waals surface area contributed by atoms with Gasteiger partial charge in [-0.3, -0.25) is 0 Å². The van der Waals surface area contributed by atoms with Gasteiger partial charge in [-0.05, 0) is 31.9 Å². The van der Waals surface area contributed by atoms with E-state index in [4.69, 9.17) is 5.73 Å². The fourth-order valence-electron chi connectivity index (χ4n) is 1.65. The molecule has 1 aromatic carbocycles. The Bertz CT molecular complexity index is 565. The van der Waals surface area contributed by atoms with E-state index in [1.807, 2.05) is 0 Å². The Kier molecular flexibility index (Phi) is 4.57. The number of sulfonamides is 1. The number of hydrogen-bond donors (Lipinski definition) is 4. The lowest BCUT2D eigenvalue weighted by molar-refractivity contribution is 0.122. The standard InChI is InChI=1S/C12H20N2O4S/c1-8-4-5-9(2)11(10(8)13)19(17,18)14-12(3,6-15)7-16/h4-5,14-16H,6-7,13H2,1-3H3. The predicted octanol–water partition coefficient (Wildman–Crippen LogP) is -0.0928. The molecule has 0 aliphatic rings. The van der Waals surface area contributed by atoms with E-state index in [1.165, 1.54) is 6.92 Å². The number of nitrogen functional groups attached to an aromatic ring is 1. The summed E-state index contributed by atoms with van der Waals surface area (Å²) in [6, 6.07) is 3.40. The number of nitrogens with one attached hydrogen (secondary N) is 1. The zero-order chi connectivity index (χ0) is 14.8. The molecular weight excluding hydrogens is 268 g/mol. The number of rotatable bonds is 5. The summed E-state index contributed by atoms with van der Waals surface area (Å²) < 4.78 is 27.0. The van der Waals surface area contributed by atoms with Crippen molar-refractivity contribution in [1.82, 2.24) is 4.72 Å². The first-order valence-corrected chi connectivity index (χ1v) is 7.26. The highest BCUT2D eigenvalue weighted by Crippen LogP contribution is 2.26. The van der Waals surface area contributed by atoms with E-state index in [0.29, 0.717) is 11.1 Å². The summed E-state index contributed by atoms with van der Waals surface area (Å²) in [4.78, 5) is -0.0133. The van der Waals surface area contributed by atoms with Crippen molar-refractivity contribution in [3.8, 4) is 0 Å². The molecule has 0 aromatic heterocycles. The van der Waals surface area contributed by atoms with Crippen molar-refractivity contribution < 1.29 is 18.6 Å². The van der Waals surface area contributed by atoms with Gasteiger partial charge in [0.15, 0.2) is 0 Å². The quantitative estimate of drug-likeness (QED) is 0.566. The normalized spacial score (nSPS) is 12.7. The van der Waals surface area contributed by atoms with Crippen LogP contribution in [0.5, 0.6) is 0 Å². The maximum absolute atomic E-state index is 12.3. The molecule has 0 fully saturated rings. The zero-order valence-electron chi connectivity index (χ0n) is 11.3. The third-order valence-electron chi connectivity index (χ3n) is 2.96. The largest absolute Gasteiger partial charge is 0.397 e. The summed E-state index contributed by atoms with van der Waals surface area (Å²) in [5.41, 5.74) is 5.83. The van der Waals surface area contributed by atoms with Crippen LogP contribution in [0.2, 0.25) is 0 Å². The molecule has 0 amide bonds. The van der Waals surface area contributed by atoms with Crippen molar-refractivity contribution >= 4 is 15.7 Å². The van der Waals surface area contributed by atoms with Gasteiger partial charge in [0.05, 0.1) is 24.4 Å². The number of aliphatic hydroxyl groups is 2. The van der Waals surface area contributed by atoms with Crippen LogP contribution in [0, 0.1) is 13.8 Å². The van der Waals surface area contributed by atoms with Crippen LogP contribution in [0.15, 0.2) is 17.0 Å². The lowest BCUT2D eigenvalue weighted by Gasteiger charge is -2.26. The molecule has 19 heavy (non-hydrogen) atoms. The highest BCUT2D eigenvalue weighted by Gasteiger charge is 2.31. The molecule has 7 heteroatoms. The van der Waals surface area contributed by atoms with E-state index in [9.17, 15) is 18.6 Å². The first-order chi connectivity index (χ1) is 8.67. The molecule has 0 aliphatic heterocycles. The SMILES string of the molecule is Cc1ccc(C)c(S(=O)(=O)NC(C)(CO)CO)c1N. The second-order valence-corrected chi connectivity index (χ2v) is 6.54. The Labute approximate surface area is 113 Å². The molecule has 0 saturated carbocycles. The number of aliphatic hydroxyl groups excluding tert-OH is 2. The van der Waals surface area contributed by atoms with Crippen LogP contribution >= 0.6 is 0 Å². The van der Waals surface area contributed by atoms with Gasteiger partial charge in [-0.1, -0.05) is 12.1 Å². The van der Waals surface area contributed by atoms with Gasteiger partial charge in [0.25, 0.3) is 0 Å². The molecule has 0 radical (unpaired) electrons. The average molecular weight is 288 g/mol. The van der Waals surface area contributed by atoms with Crippen LogP contribution in [-0.4, -0.2) is 37.4 Å². The number of anilines is 1. The molecule has 0 saturated heterocycles. The number of nitrogens with two attached hydrogens (primary N) is 1. The Morgan fingerprint density at radius 3 is 2.16 bits per heavy atom. The molecule has 108 valence electrons. The van der Waals surface area contributed by atoms with Crippen LogP contribution in [-0.2, 0) is 10.0 Å². The molecule has 6 nitrogen and oxygen atoms in total. The van der Waals surface area contributed by atoms with Crippen LogP contribution < -0.4 is 10.5 Å². The van der Waals surface area contributed by atoms with Crippen molar-refractivity contribution in [2.45, 2.75) is 31.2 Å². The van der Waals surface area contributed by atoms with Gasteiger partial charge >= 0.3 is 0 Å². The summed E-state index contributed by atoms with van der Waals surface area (Å²) in [6.45, 7) is 3.72. The Morgan fingerprint density at radius 1 is 1.21 bits per heavy atom. The van der Waals surface area contributed by atoms with Gasteiger partial charge in [-0.2, -0.15) is 0 Å². The fourth-order valence-corrected chi connectivity index (χ4v) is 3.48. The molecule has 1 aromatic rings. The molecule has 1 rings (SSSR count). The number of benzene rings is 1. The molecule has 0 atom stereocenters. The molecule has 0 unspecified atom stereocenters. The van der Waals surface area contributed by atoms with E-state index in [1.54, 1.807) is 26.0 Å². The zero-order valence-corrected chi connectivity index (χ0v) is 12.1. The summed E-state index contributed by atoms with van der Waals surface area (Å²) in [5, 5.41) is 18.3. The molecule has 0 spiro atoms. The van der Waals surface area contributed by atoms with Crippen molar-refractivity contribution in [3.05, 3.63) is 23.3 Å². The molecule has 0 bridgehead atoms. The second kappa shape index (κ2) is 5.46. The van der Waals surface area contributed by atoms with E-state index in [0.717, 1.165) is 0 Å².